The van der Waals surface area contributed by atoms with Gasteiger partial charge in [-0.2, -0.15) is 0 Å². The highest BCUT2D eigenvalue weighted by atomic mass is 16.6. The van der Waals surface area contributed by atoms with Crippen LogP contribution in [0.1, 0.15) is 13.8 Å². The van der Waals surface area contributed by atoms with Crippen molar-refractivity contribution >= 4 is 17.1 Å². The van der Waals surface area contributed by atoms with Crippen LogP contribution < -0.4 is 16.2 Å². The van der Waals surface area contributed by atoms with E-state index in [1.807, 2.05) is 18.7 Å². The number of nitro groups is 1. The summed E-state index contributed by atoms with van der Waals surface area (Å²) >= 11 is 0. The van der Waals surface area contributed by atoms with E-state index in [1.54, 1.807) is 18.2 Å². The summed E-state index contributed by atoms with van der Waals surface area (Å²) in [4.78, 5) is 12.7. The number of nitrogen functional groups attached to an aromatic ring is 1. The van der Waals surface area contributed by atoms with Gasteiger partial charge in [0.05, 0.1) is 11.5 Å². The van der Waals surface area contributed by atoms with Crippen LogP contribution in [0.25, 0.3) is 0 Å². The van der Waals surface area contributed by atoms with Crippen molar-refractivity contribution in [1.29, 1.82) is 0 Å². The summed E-state index contributed by atoms with van der Waals surface area (Å²) < 4.78 is 5.29. The Hall–Kier alpha value is -1.86. The molecule has 0 saturated heterocycles. The van der Waals surface area contributed by atoms with Crippen molar-refractivity contribution in [3.8, 4) is 0 Å². The molecule has 7 nitrogen and oxygen atoms in total. The number of anilines is 2. The minimum atomic E-state index is -0.423. The molecule has 7 heteroatoms. The number of nitrogens with one attached hydrogen (secondary N) is 1. The Morgan fingerprint density at radius 1 is 1.47 bits per heavy atom. The van der Waals surface area contributed by atoms with Crippen LogP contribution in [0.5, 0.6) is 0 Å². The summed E-state index contributed by atoms with van der Waals surface area (Å²) in [5.41, 5.74) is 3.20. The highest BCUT2D eigenvalue weighted by Gasteiger charge is 2.22. The molecule has 0 saturated carbocycles. The second-order valence-electron chi connectivity index (χ2n) is 3.85. The molecule has 3 N–H and O–H groups in total. The maximum Gasteiger partial charge on any atom is 0.316 e. The second-order valence-corrected chi connectivity index (χ2v) is 3.85. The number of benzene rings is 1. The smallest absolute Gasteiger partial charge is 0.316 e. The normalized spacial score (nSPS) is 10.3. The summed E-state index contributed by atoms with van der Waals surface area (Å²) in [6.07, 6.45) is 0. The van der Waals surface area contributed by atoms with Gasteiger partial charge in [-0.1, -0.05) is 6.07 Å². The van der Waals surface area contributed by atoms with E-state index >= 15 is 0 Å². The maximum absolute atomic E-state index is 11.2. The number of hydrogen-bond acceptors (Lipinski definition) is 6. The number of hydrazine groups is 1. The van der Waals surface area contributed by atoms with Gasteiger partial charge in [-0.05, 0) is 26.0 Å². The van der Waals surface area contributed by atoms with E-state index in [1.165, 1.54) is 0 Å². The van der Waals surface area contributed by atoms with E-state index in [2.05, 4.69) is 5.43 Å². The third-order valence-corrected chi connectivity index (χ3v) is 2.78. The molecule has 0 aliphatic heterocycles. The lowest BCUT2D eigenvalue weighted by Crippen LogP contribution is -2.28. The molecule has 106 valence electrons. The Balaban J connectivity index is 3.05. The number of hydrogen-bond donors (Lipinski definition) is 2. The number of likely N-dealkylation sites (N-methyl/N-ethyl adjacent to an activating group) is 1. The van der Waals surface area contributed by atoms with E-state index in [0.29, 0.717) is 37.7 Å². The zero-order chi connectivity index (χ0) is 14.3. The Labute approximate surface area is 112 Å². The number of nitrogens with two attached hydrogens (primary N) is 1. The molecule has 0 fully saturated rings. The molecular formula is C12H20N4O3. The fraction of sp³-hybridized carbons (Fsp3) is 0.500. The fourth-order valence-corrected chi connectivity index (χ4v) is 1.86. The topological polar surface area (TPSA) is 93.7 Å². The first-order valence-corrected chi connectivity index (χ1v) is 6.22. The van der Waals surface area contributed by atoms with Crippen molar-refractivity contribution in [1.82, 2.24) is 0 Å². The minimum absolute atomic E-state index is 0.0108. The van der Waals surface area contributed by atoms with Crippen molar-refractivity contribution < 1.29 is 9.66 Å². The third kappa shape index (κ3) is 3.80. The van der Waals surface area contributed by atoms with Crippen molar-refractivity contribution in [3.63, 3.8) is 0 Å². The van der Waals surface area contributed by atoms with E-state index in [0.717, 1.165) is 0 Å². The zero-order valence-corrected chi connectivity index (χ0v) is 11.3. The van der Waals surface area contributed by atoms with Crippen LogP contribution in [-0.2, 0) is 4.74 Å². The van der Waals surface area contributed by atoms with Crippen LogP contribution in [0.4, 0.5) is 17.1 Å². The molecular weight excluding hydrogens is 248 g/mol. The van der Waals surface area contributed by atoms with Gasteiger partial charge in [0.15, 0.2) is 0 Å². The van der Waals surface area contributed by atoms with Gasteiger partial charge in [0, 0.05) is 19.7 Å². The third-order valence-electron chi connectivity index (χ3n) is 2.78. The summed E-state index contributed by atoms with van der Waals surface area (Å²) in [5.74, 6) is 5.32. The monoisotopic (exact) mass is 268 g/mol. The van der Waals surface area contributed by atoms with Gasteiger partial charge >= 0.3 is 5.69 Å². The van der Waals surface area contributed by atoms with Crippen LogP contribution in [0.2, 0.25) is 0 Å². The molecule has 0 amide bonds. The number of nitro benzene ring substituents is 1. The van der Waals surface area contributed by atoms with Gasteiger partial charge in [0.2, 0.25) is 0 Å². The quantitative estimate of drug-likeness (QED) is 0.323. The summed E-state index contributed by atoms with van der Waals surface area (Å²) in [7, 11) is 0. The van der Waals surface area contributed by atoms with E-state index in [-0.39, 0.29) is 5.69 Å². The lowest BCUT2D eigenvalue weighted by atomic mass is 10.2. The summed E-state index contributed by atoms with van der Waals surface area (Å²) in [6.45, 7) is 6.27. The molecule has 0 atom stereocenters. The van der Waals surface area contributed by atoms with Gasteiger partial charge in [0.25, 0.3) is 0 Å². The van der Waals surface area contributed by atoms with E-state index in [9.17, 15) is 10.1 Å². The van der Waals surface area contributed by atoms with Crippen molar-refractivity contribution in [2.45, 2.75) is 13.8 Å². The fourth-order valence-electron chi connectivity index (χ4n) is 1.86. The largest absolute Gasteiger partial charge is 0.380 e. The molecule has 0 aromatic heterocycles. The van der Waals surface area contributed by atoms with Crippen LogP contribution in [-0.4, -0.2) is 31.2 Å². The number of ether oxygens (including phenoxy) is 1. The maximum atomic E-state index is 11.2. The van der Waals surface area contributed by atoms with Crippen molar-refractivity contribution in [2.24, 2.45) is 5.84 Å². The zero-order valence-electron chi connectivity index (χ0n) is 11.3. The van der Waals surface area contributed by atoms with Gasteiger partial charge in [-0.15, -0.1) is 0 Å². The molecule has 0 aliphatic rings. The standard InChI is InChI=1S/C12H20N4O3/c1-3-15(8-9-19-4-2)11-7-5-6-10(14-13)12(11)16(17)18/h5-7,14H,3-4,8-9,13H2,1-2H3. The Kier molecular flexibility index (Phi) is 6.04. The van der Waals surface area contributed by atoms with Crippen LogP contribution in [0.15, 0.2) is 18.2 Å². The predicted molar refractivity (Wildman–Crippen MR) is 75.3 cm³/mol. The Morgan fingerprint density at radius 2 is 2.21 bits per heavy atom. The Morgan fingerprint density at radius 3 is 2.74 bits per heavy atom. The molecule has 1 aromatic rings. The predicted octanol–water partition coefficient (Wildman–Crippen LogP) is 1.74. The lowest BCUT2D eigenvalue weighted by molar-refractivity contribution is -0.383. The average Bonchev–Trinajstić information content (AvgIpc) is 2.42. The summed E-state index contributed by atoms with van der Waals surface area (Å²) in [6, 6.07) is 5.04. The first-order chi connectivity index (χ1) is 9.15. The molecule has 0 aliphatic carbocycles. The SMILES string of the molecule is CCOCCN(CC)c1cccc(NN)c1[N+](=O)[O-]. The minimum Gasteiger partial charge on any atom is -0.380 e. The molecule has 19 heavy (non-hydrogen) atoms. The van der Waals surface area contributed by atoms with Crippen LogP contribution in [0, 0.1) is 10.1 Å². The summed E-state index contributed by atoms with van der Waals surface area (Å²) in [5, 5.41) is 11.2. The highest BCUT2D eigenvalue weighted by molar-refractivity contribution is 5.76. The van der Waals surface area contributed by atoms with E-state index < -0.39 is 4.92 Å². The van der Waals surface area contributed by atoms with Gasteiger partial charge < -0.3 is 15.1 Å². The van der Waals surface area contributed by atoms with Gasteiger partial charge in [-0.25, -0.2) is 0 Å². The first-order valence-electron chi connectivity index (χ1n) is 6.22. The van der Waals surface area contributed by atoms with Crippen molar-refractivity contribution in [2.75, 3.05) is 36.6 Å². The van der Waals surface area contributed by atoms with Gasteiger partial charge in [-0.3, -0.25) is 16.0 Å². The first kappa shape index (κ1) is 15.2. The molecule has 1 aromatic carbocycles. The number of para-hydroxylation sites is 1. The number of rotatable bonds is 8. The molecule has 0 spiro atoms. The molecule has 0 radical (unpaired) electrons. The molecule has 0 unspecified atom stereocenters. The number of nitrogens with zero attached hydrogens (tertiary/aromatic N) is 2. The Bertz CT molecular complexity index is 425. The van der Waals surface area contributed by atoms with Crippen LogP contribution >= 0.6 is 0 Å². The van der Waals surface area contributed by atoms with E-state index in [4.69, 9.17) is 10.6 Å². The lowest BCUT2D eigenvalue weighted by Gasteiger charge is -2.23. The molecule has 0 heterocycles. The highest BCUT2D eigenvalue weighted by Crippen LogP contribution is 2.34. The van der Waals surface area contributed by atoms with Gasteiger partial charge in [0.1, 0.15) is 11.4 Å². The molecule has 0 bridgehead atoms. The van der Waals surface area contributed by atoms with Crippen molar-refractivity contribution in [3.05, 3.63) is 28.3 Å². The molecule has 1 rings (SSSR count). The average molecular weight is 268 g/mol. The second kappa shape index (κ2) is 7.55. The van der Waals surface area contributed by atoms with Crippen LogP contribution in [0.3, 0.4) is 0 Å².